The number of methoxy groups -OCH3 is 1. The van der Waals surface area contributed by atoms with E-state index in [9.17, 15) is 25.2 Å². The Hall–Kier alpha value is -1.37. The summed E-state index contributed by atoms with van der Waals surface area (Å²) in [6, 6.07) is 0. The van der Waals surface area contributed by atoms with Gasteiger partial charge in [0, 0.05) is 0 Å². The highest BCUT2D eigenvalue weighted by molar-refractivity contribution is 5.92. The molecule has 1 aliphatic rings. The Morgan fingerprint density at radius 1 is 1.62 bits per heavy atom. The van der Waals surface area contributed by atoms with Crippen molar-refractivity contribution in [3.8, 4) is 0 Å². The van der Waals surface area contributed by atoms with Crippen molar-refractivity contribution in [2.45, 2.75) is 24.7 Å². The summed E-state index contributed by atoms with van der Waals surface area (Å²) in [6.45, 7) is 1.21. The van der Waals surface area contributed by atoms with Crippen LogP contribution in [0.4, 0.5) is 0 Å². The summed E-state index contributed by atoms with van der Waals surface area (Å²) in [5.74, 6) is -1.43. The van der Waals surface area contributed by atoms with Crippen LogP contribution in [0.3, 0.4) is 0 Å². The number of ether oxygens (including phenoxy) is 1. The van der Waals surface area contributed by atoms with Crippen molar-refractivity contribution in [1.29, 1.82) is 0 Å². The molecule has 0 fully saturated rings. The van der Waals surface area contributed by atoms with E-state index in [0.29, 0.717) is 0 Å². The summed E-state index contributed by atoms with van der Waals surface area (Å²) < 4.78 is 4.40. The number of hydrogen-bond acceptors (Lipinski definition) is 6. The van der Waals surface area contributed by atoms with E-state index in [-0.39, 0.29) is 5.57 Å². The van der Waals surface area contributed by atoms with Crippen LogP contribution in [0.15, 0.2) is 23.5 Å². The summed E-state index contributed by atoms with van der Waals surface area (Å²) in [6.07, 6.45) is -1.02. The first-order chi connectivity index (χ1) is 7.33. The second kappa shape index (κ2) is 4.25. The number of carbonyl (C=O) groups excluding carboxylic acids is 1. The first-order valence-corrected chi connectivity index (χ1v) is 4.63. The molecule has 0 aromatic heterocycles. The smallest absolute Gasteiger partial charge is 0.337 e. The van der Waals surface area contributed by atoms with Crippen molar-refractivity contribution < 1.29 is 30.0 Å². The first-order valence-electron chi connectivity index (χ1n) is 4.63. The highest BCUT2D eigenvalue weighted by atomic mass is 16.5. The maximum Gasteiger partial charge on any atom is 0.337 e. The van der Waals surface area contributed by atoms with Crippen molar-refractivity contribution in [2.24, 2.45) is 0 Å². The van der Waals surface area contributed by atoms with Crippen LogP contribution in [0.1, 0.15) is 6.92 Å². The topological polar surface area (TPSA) is 107 Å². The van der Waals surface area contributed by atoms with Gasteiger partial charge < -0.3 is 25.2 Å². The normalized spacial score (nSPS) is 31.4. The van der Waals surface area contributed by atoms with Gasteiger partial charge >= 0.3 is 5.97 Å². The standard InChI is InChI=1S/C10H14O6/c1-5(11)10(15)7(12)3-6(4-8(10)13)9(14)16-2/h3-5,7,11-13,15H,1-2H3. The average molecular weight is 230 g/mol. The first kappa shape index (κ1) is 12.7. The van der Waals surface area contributed by atoms with Crippen LogP contribution in [0.25, 0.3) is 0 Å². The van der Waals surface area contributed by atoms with E-state index in [1.54, 1.807) is 0 Å². The maximum absolute atomic E-state index is 11.1. The lowest BCUT2D eigenvalue weighted by atomic mass is 9.83. The fourth-order valence-corrected chi connectivity index (χ4v) is 1.47. The maximum atomic E-state index is 11.1. The molecule has 16 heavy (non-hydrogen) atoms. The summed E-state index contributed by atoms with van der Waals surface area (Å²) in [5, 5.41) is 38.3. The van der Waals surface area contributed by atoms with Crippen LogP contribution in [-0.4, -0.2) is 51.3 Å². The van der Waals surface area contributed by atoms with Gasteiger partial charge in [-0.05, 0) is 19.1 Å². The van der Waals surface area contributed by atoms with Crippen molar-refractivity contribution >= 4 is 5.97 Å². The number of aliphatic hydroxyl groups excluding tert-OH is 3. The van der Waals surface area contributed by atoms with Crippen LogP contribution in [0, 0.1) is 0 Å². The molecule has 3 atom stereocenters. The lowest BCUT2D eigenvalue weighted by Gasteiger charge is -2.35. The van der Waals surface area contributed by atoms with Gasteiger partial charge in [-0.3, -0.25) is 0 Å². The Kier molecular flexibility index (Phi) is 3.37. The predicted molar refractivity (Wildman–Crippen MR) is 53.4 cm³/mol. The van der Waals surface area contributed by atoms with Crippen LogP contribution >= 0.6 is 0 Å². The zero-order valence-corrected chi connectivity index (χ0v) is 8.91. The van der Waals surface area contributed by atoms with Gasteiger partial charge in [0.1, 0.15) is 11.9 Å². The van der Waals surface area contributed by atoms with Gasteiger partial charge in [0.15, 0.2) is 5.60 Å². The molecule has 0 aromatic carbocycles. The molecule has 0 saturated heterocycles. The molecule has 0 amide bonds. The summed E-state index contributed by atoms with van der Waals surface area (Å²) in [7, 11) is 1.15. The molecule has 0 saturated carbocycles. The van der Waals surface area contributed by atoms with E-state index >= 15 is 0 Å². The van der Waals surface area contributed by atoms with Gasteiger partial charge in [-0.2, -0.15) is 0 Å². The van der Waals surface area contributed by atoms with E-state index in [1.807, 2.05) is 0 Å². The molecule has 0 spiro atoms. The molecule has 0 aromatic rings. The summed E-state index contributed by atoms with van der Waals surface area (Å²) in [5.41, 5.74) is -2.28. The molecule has 0 bridgehead atoms. The summed E-state index contributed by atoms with van der Waals surface area (Å²) >= 11 is 0. The molecule has 1 aliphatic carbocycles. The third-order valence-corrected chi connectivity index (χ3v) is 2.55. The second-order valence-electron chi connectivity index (χ2n) is 3.59. The third-order valence-electron chi connectivity index (χ3n) is 2.55. The minimum absolute atomic E-state index is 0.0853. The average Bonchev–Trinajstić information content (AvgIpc) is 2.23. The monoisotopic (exact) mass is 230 g/mol. The lowest BCUT2D eigenvalue weighted by molar-refractivity contribution is -0.137. The van der Waals surface area contributed by atoms with Gasteiger partial charge in [0.25, 0.3) is 0 Å². The van der Waals surface area contributed by atoms with E-state index in [0.717, 1.165) is 19.3 Å². The largest absolute Gasteiger partial charge is 0.509 e. The Bertz CT molecular complexity index is 356. The molecule has 1 rings (SSSR count). The van der Waals surface area contributed by atoms with E-state index < -0.39 is 29.5 Å². The fourth-order valence-electron chi connectivity index (χ4n) is 1.47. The van der Waals surface area contributed by atoms with E-state index in [4.69, 9.17) is 0 Å². The number of aliphatic hydroxyl groups is 4. The molecule has 6 heteroatoms. The van der Waals surface area contributed by atoms with Crippen LogP contribution in [0.5, 0.6) is 0 Å². The van der Waals surface area contributed by atoms with Crippen LogP contribution in [-0.2, 0) is 9.53 Å². The quantitative estimate of drug-likeness (QED) is 0.454. The molecular formula is C10H14O6. The zero-order valence-electron chi connectivity index (χ0n) is 8.91. The van der Waals surface area contributed by atoms with E-state index in [2.05, 4.69) is 4.74 Å². The zero-order chi connectivity index (χ0) is 12.5. The molecule has 90 valence electrons. The van der Waals surface area contributed by atoms with Gasteiger partial charge in [-0.25, -0.2) is 4.79 Å². The lowest BCUT2D eigenvalue weighted by Crippen LogP contribution is -2.53. The number of carbonyl (C=O) groups is 1. The number of esters is 1. The minimum Gasteiger partial charge on any atom is -0.509 e. The third kappa shape index (κ3) is 1.82. The van der Waals surface area contributed by atoms with Gasteiger partial charge in [0.05, 0.1) is 18.8 Å². The Balaban J connectivity index is 3.11. The minimum atomic E-state index is -2.20. The Labute approximate surface area is 92.1 Å². The summed E-state index contributed by atoms with van der Waals surface area (Å²) in [4.78, 5) is 11.1. The van der Waals surface area contributed by atoms with Gasteiger partial charge in [-0.15, -0.1) is 0 Å². The molecule has 0 heterocycles. The van der Waals surface area contributed by atoms with Crippen molar-refractivity contribution in [3.63, 3.8) is 0 Å². The number of rotatable bonds is 2. The fraction of sp³-hybridized carbons (Fsp3) is 0.500. The molecule has 3 unspecified atom stereocenters. The molecule has 0 radical (unpaired) electrons. The highest BCUT2D eigenvalue weighted by Gasteiger charge is 2.46. The molecule has 6 nitrogen and oxygen atoms in total. The Morgan fingerprint density at radius 2 is 2.19 bits per heavy atom. The second-order valence-corrected chi connectivity index (χ2v) is 3.59. The van der Waals surface area contributed by atoms with Crippen molar-refractivity contribution in [3.05, 3.63) is 23.5 Å². The Morgan fingerprint density at radius 3 is 2.56 bits per heavy atom. The predicted octanol–water partition coefficient (Wildman–Crippen LogP) is -0.986. The van der Waals surface area contributed by atoms with Gasteiger partial charge in [-0.1, -0.05) is 0 Å². The van der Waals surface area contributed by atoms with Crippen molar-refractivity contribution in [1.82, 2.24) is 0 Å². The van der Waals surface area contributed by atoms with Crippen LogP contribution in [0.2, 0.25) is 0 Å². The van der Waals surface area contributed by atoms with E-state index in [1.165, 1.54) is 6.92 Å². The SMILES string of the molecule is COC(=O)C1=CC(O)C(O)(C(C)O)C(O)=C1. The number of hydrogen-bond donors (Lipinski definition) is 4. The van der Waals surface area contributed by atoms with Crippen molar-refractivity contribution in [2.75, 3.05) is 7.11 Å². The highest BCUT2D eigenvalue weighted by Crippen LogP contribution is 2.30. The molecular weight excluding hydrogens is 216 g/mol. The molecule has 4 N–H and O–H groups in total. The van der Waals surface area contributed by atoms with Gasteiger partial charge in [0.2, 0.25) is 0 Å². The molecule has 0 aliphatic heterocycles. The van der Waals surface area contributed by atoms with Crippen LogP contribution < -0.4 is 0 Å².